The molecule has 4 rings (SSSR count). The van der Waals surface area contributed by atoms with Gasteiger partial charge in [0.05, 0.1) is 19.9 Å². The van der Waals surface area contributed by atoms with E-state index in [4.69, 9.17) is 0 Å². The van der Waals surface area contributed by atoms with Crippen molar-refractivity contribution in [2.75, 3.05) is 11.9 Å². The fraction of sp³-hybridized carbons (Fsp3) is 0.158. The highest BCUT2D eigenvalue weighted by atomic mass is 79.9. The highest BCUT2D eigenvalue weighted by Gasteiger charge is 2.24. The summed E-state index contributed by atoms with van der Waals surface area (Å²) in [6.45, 7) is 0.935. The summed E-state index contributed by atoms with van der Waals surface area (Å²) in [7, 11) is 0. The van der Waals surface area contributed by atoms with Crippen LogP contribution in [0.2, 0.25) is 0 Å². The minimum atomic E-state index is -0.604. The summed E-state index contributed by atoms with van der Waals surface area (Å²) in [6.07, 6.45) is 2.15. The van der Waals surface area contributed by atoms with Crippen molar-refractivity contribution in [3.63, 3.8) is 0 Å². The monoisotopic (exact) mass is 460 g/mol. The Labute approximate surface area is 172 Å². The molecule has 2 aromatic heterocycles. The van der Waals surface area contributed by atoms with Crippen molar-refractivity contribution >= 4 is 45.0 Å². The molecule has 0 atom stereocenters. The predicted molar refractivity (Wildman–Crippen MR) is 107 cm³/mol. The molecule has 0 saturated carbocycles. The molecule has 6 nitrogen and oxygen atoms in total. The molecule has 1 aromatic carbocycles. The Bertz CT molecular complexity index is 1070. The van der Waals surface area contributed by atoms with E-state index in [1.165, 1.54) is 29.5 Å². The fourth-order valence-electron chi connectivity index (χ4n) is 2.95. The molecule has 0 radical (unpaired) electrons. The van der Waals surface area contributed by atoms with Crippen LogP contribution in [0.4, 0.5) is 10.3 Å². The van der Waals surface area contributed by atoms with Gasteiger partial charge in [-0.25, -0.2) is 14.4 Å². The molecular weight excluding hydrogens is 447 g/mol. The number of rotatable bonds is 3. The molecule has 1 N–H and O–H groups in total. The summed E-state index contributed by atoms with van der Waals surface area (Å²) >= 11 is 4.76. The topological polar surface area (TPSA) is 75.2 Å². The first-order valence-electron chi connectivity index (χ1n) is 8.46. The van der Waals surface area contributed by atoms with Crippen LogP contribution in [0.5, 0.6) is 0 Å². The molecule has 9 heteroatoms. The zero-order chi connectivity index (χ0) is 19.7. The van der Waals surface area contributed by atoms with Gasteiger partial charge in [0.2, 0.25) is 5.95 Å². The maximum atomic E-state index is 13.7. The molecule has 0 aliphatic carbocycles. The second-order valence-corrected chi connectivity index (χ2v) is 8.64. The quantitative estimate of drug-likeness (QED) is 0.643. The molecule has 0 bridgehead atoms. The third kappa shape index (κ3) is 3.81. The summed E-state index contributed by atoms with van der Waals surface area (Å²) in [4.78, 5) is 35.8. The molecule has 0 spiro atoms. The number of nitrogens with zero attached hydrogens (tertiary/aromatic N) is 3. The summed E-state index contributed by atoms with van der Waals surface area (Å²) in [5.41, 5.74) is 1.54. The minimum absolute atomic E-state index is 0.0294. The number of thiophene rings is 1. The number of nitrogens with one attached hydrogen (secondary N) is 1. The SMILES string of the molecule is O=C(Nc1ncc2c(n1)CCN(C(=O)c1ccc(Br)s1)C2)c1ccccc1F. The molecule has 2 amide bonds. The van der Waals surface area contributed by atoms with Crippen LogP contribution >= 0.6 is 27.3 Å². The number of carbonyl (C=O) groups is 2. The summed E-state index contributed by atoms with van der Waals surface area (Å²) < 4.78 is 14.6. The smallest absolute Gasteiger partial charge is 0.264 e. The van der Waals surface area contributed by atoms with Crippen LogP contribution < -0.4 is 5.32 Å². The van der Waals surface area contributed by atoms with Crippen molar-refractivity contribution in [2.45, 2.75) is 13.0 Å². The lowest BCUT2D eigenvalue weighted by Crippen LogP contribution is -2.36. The molecule has 142 valence electrons. The van der Waals surface area contributed by atoms with Crippen molar-refractivity contribution in [3.05, 3.63) is 73.9 Å². The number of anilines is 1. The zero-order valence-electron chi connectivity index (χ0n) is 14.5. The Kier molecular flexibility index (Phi) is 5.19. The molecule has 0 unspecified atom stereocenters. The van der Waals surface area contributed by atoms with Crippen LogP contribution in [0, 0.1) is 5.82 Å². The van der Waals surface area contributed by atoms with Gasteiger partial charge in [0.1, 0.15) is 5.82 Å². The average Bonchev–Trinajstić information content (AvgIpc) is 3.13. The van der Waals surface area contributed by atoms with E-state index in [9.17, 15) is 14.0 Å². The number of hydrogen-bond donors (Lipinski definition) is 1. The predicted octanol–water partition coefficient (Wildman–Crippen LogP) is 3.89. The van der Waals surface area contributed by atoms with E-state index in [2.05, 4.69) is 31.2 Å². The van der Waals surface area contributed by atoms with E-state index in [0.29, 0.717) is 24.4 Å². The molecule has 1 aliphatic rings. The van der Waals surface area contributed by atoms with Gasteiger partial charge in [-0.3, -0.25) is 14.9 Å². The van der Waals surface area contributed by atoms with Gasteiger partial charge >= 0.3 is 0 Å². The Balaban J connectivity index is 1.48. The number of carbonyl (C=O) groups excluding carboxylic acids is 2. The van der Waals surface area contributed by atoms with Gasteiger partial charge in [0, 0.05) is 31.3 Å². The zero-order valence-corrected chi connectivity index (χ0v) is 16.9. The van der Waals surface area contributed by atoms with Gasteiger partial charge in [-0.15, -0.1) is 11.3 Å². The third-order valence-electron chi connectivity index (χ3n) is 4.35. The molecule has 28 heavy (non-hydrogen) atoms. The third-order valence-corrected chi connectivity index (χ3v) is 5.96. The van der Waals surface area contributed by atoms with Gasteiger partial charge in [0.15, 0.2) is 0 Å². The number of amides is 2. The second-order valence-electron chi connectivity index (χ2n) is 6.18. The maximum Gasteiger partial charge on any atom is 0.264 e. The fourth-order valence-corrected chi connectivity index (χ4v) is 4.30. The van der Waals surface area contributed by atoms with Crippen LogP contribution in [0.3, 0.4) is 0 Å². The lowest BCUT2D eigenvalue weighted by molar-refractivity contribution is 0.0738. The van der Waals surface area contributed by atoms with Crippen molar-refractivity contribution in [3.8, 4) is 0 Å². The molecule has 3 heterocycles. The van der Waals surface area contributed by atoms with Crippen molar-refractivity contribution in [1.29, 1.82) is 0 Å². The summed E-state index contributed by atoms with van der Waals surface area (Å²) in [6, 6.07) is 9.37. The Morgan fingerprint density at radius 3 is 2.79 bits per heavy atom. The molecule has 3 aromatic rings. The van der Waals surface area contributed by atoms with E-state index in [1.807, 2.05) is 6.07 Å². The number of benzene rings is 1. The molecule has 0 fully saturated rings. The molecule has 1 aliphatic heterocycles. The largest absolute Gasteiger partial charge is 0.333 e. The highest BCUT2D eigenvalue weighted by Crippen LogP contribution is 2.26. The summed E-state index contributed by atoms with van der Waals surface area (Å²) in [5.74, 6) is -1.12. The van der Waals surface area contributed by atoms with Crippen LogP contribution in [-0.4, -0.2) is 33.2 Å². The van der Waals surface area contributed by atoms with E-state index in [0.717, 1.165) is 15.0 Å². The first-order chi connectivity index (χ1) is 13.5. The van der Waals surface area contributed by atoms with Gasteiger partial charge in [-0.1, -0.05) is 12.1 Å². The maximum absolute atomic E-state index is 13.7. The van der Waals surface area contributed by atoms with Gasteiger partial charge < -0.3 is 4.90 Å². The second kappa shape index (κ2) is 7.76. The average molecular weight is 461 g/mol. The molecule has 0 saturated heterocycles. The van der Waals surface area contributed by atoms with E-state index in [-0.39, 0.29) is 17.4 Å². The van der Waals surface area contributed by atoms with Crippen molar-refractivity contribution < 1.29 is 14.0 Å². The van der Waals surface area contributed by atoms with E-state index < -0.39 is 11.7 Å². The molecular formula is C19H14BrFN4O2S. The van der Waals surface area contributed by atoms with Crippen LogP contribution in [0.25, 0.3) is 0 Å². The van der Waals surface area contributed by atoms with Crippen LogP contribution in [0.1, 0.15) is 31.3 Å². The first kappa shape index (κ1) is 18.7. The minimum Gasteiger partial charge on any atom is -0.333 e. The van der Waals surface area contributed by atoms with Crippen LogP contribution in [-0.2, 0) is 13.0 Å². The van der Waals surface area contributed by atoms with Crippen molar-refractivity contribution in [1.82, 2.24) is 14.9 Å². The lowest BCUT2D eigenvalue weighted by Gasteiger charge is -2.27. The lowest BCUT2D eigenvalue weighted by atomic mass is 10.1. The number of hydrogen-bond acceptors (Lipinski definition) is 5. The number of fused-ring (bicyclic) bond motifs is 1. The van der Waals surface area contributed by atoms with Crippen LogP contribution in [0.15, 0.2) is 46.4 Å². The van der Waals surface area contributed by atoms with Gasteiger partial charge in [-0.05, 0) is 40.2 Å². The Hall–Kier alpha value is -2.65. The Morgan fingerprint density at radius 2 is 2.04 bits per heavy atom. The standard InChI is InChI=1S/C19H14BrFN4O2S/c20-16-6-5-15(28-16)18(27)25-8-7-14-11(10-25)9-22-19(23-14)24-17(26)12-3-1-2-4-13(12)21/h1-6,9H,7-8,10H2,(H,22,23,24,26). The first-order valence-corrected chi connectivity index (χ1v) is 10.1. The van der Waals surface area contributed by atoms with Gasteiger partial charge in [-0.2, -0.15) is 0 Å². The normalized spacial score (nSPS) is 13.1. The van der Waals surface area contributed by atoms with E-state index in [1.54, 1.807) is 23.2 Å². The summed E-state index contributed by atoms with van der Waals surface area (Å²) in [5, 5.41) is 2.53. The highest BCUT2D eigenvalue weighted by molar-refractivity contribution is 9.11. The Morgan fingerprint density at radius 1 is 1.21 bits per heavy atom. The van der Waals surface area contributed by atoms with Crippen molar-refractivity contribution in [2.24, 2.45) is 0 Å². The number of halogens is 2. The number of aromatic nitrogens is 2. The van der Waals surface area contributed by atoms with Gasteiger partial charge in [0.25, 0.3) is 11.8 Å². The van der Waals surface area contributed by atoms with E-state index >= 15 is 0 Å².